The molecule has 1 unspecified atom stereocenters. The monoisotopic (exact) mass is 369 g/mol. The summed E-state index contributed by atoms with van der Waals surface area (Å²) in [5, 5.41) is 0.269. The van der Waals surface area contributed by atoms with Gasteiger partial charge in [-0.05, 0) is 43.3 Å². The van der Waals surface area contributed by atoms with Crippen molar-refractivity contribution in [3.63, 3.8) is 0 Å². The molecule has 0 amide bonds. The van der Waals surface area contributed by atoms with Gasteiger partial charge in [0.1, 0.15) is 5.75 Å². The van der Waals surface area contributed by atoms with Crippen LogP contribution in [0.1, 0.15) is 15.4 Å². The number of nitrogens with zero attached hydrogens (tertiary/aromatic N) is 3. The summed E-state index contributed by atoms with van der Waals surface area (Å²) >= 11 is 0. The van der Waals surface area contributed by atoms with Crippen LogP contribution in [-0.2, 0) is 16.6 Å². The topological polar surface area (TPSA) is 72.8 Å². The Morgan fingerprint density at radius 3 is 2.92 bits per heavy atom. The van der Waals surface area contributed by atoms with E-state index in [1.807, 2.05) is 47.3 Å². The first-order valence-corrected chi connectivity index (χ1v) is 9.22. The van der Waals surface area contributed by atoms with Gasteiger partial charge < -0.3 is 14.3 Å². The Morgan fingerprint density at radius 1 is 1.31 bits per heavy atom. The number of imidazole rings is 1. The molecule has 1 atom stereocenters. The van der Waals surface area contributed by atoms with Gasteiger partial charge in [0.25, 0.3) is 0 Å². The van der Waals surface area contributed by atoms with E-state index in [1.54, 1.807) is 0 Å². The first-order chi connectivity index (χ1) is 13.9. The molecule has 1 N–H and O–H groups in total. The third kappa shape index (κ3) is 3.01. The Bertz CT molecular complexity index is 1190. The van der Waals surface area contributed by atoms with Crippen molar-refractivity contribution in [2.24, 2.45) is 0 Å². The molecule has 132 valence electrons. The third-order valence-corrected chi connectivity index (χ3v) is 5.20. The van der Waals surface area contributed by atoms with Gasteiger partial charge in [-0.25, -0.2) is 4.98 Å². The lowest BCUT2D eigenvalue weighted by Gasteiger charge is -2.08. The fraction of sp³-hybridized carbons (Fsp3) is 0.158. The van der Waals surface area contributed by atoms with Crippen LogP contribution < -0.4 is 4.74 Å². The van der Waals surface area contributed by atoms with Crippen molar-refractivity contribution in [2.45, 2.75) is 17.8 Å². The first kappa shape index (κ1) is 13.3. The van der Waals surface area contributed by atoms with Crippen LogP contribution in [0.4, 0.5) is 0 Å². The average molecular weight is 369 g/mol. The van der Waals surface area contributed by atoms with Gasteiger partial charge in [0, 0.05) is 34.0 Å². The van der Waals surface area contributed by atoms with Gasteiger partial charge in [0.15, 0.2) is 5.16 Å². The quantitative estimate of drug-likeness (QED) is 0.585. The summed E-state index contributed by atoms with van der Waals surface area (Å²) in [4.78, 5) is 11.6. The first-order valence-electron chi connectivity index (χ1n) is 9.40. The predicted molar refractivity (Wildman–Crippen MR) is 101 cm³/mol. The zero-order chi connectivity index (χ0) is 20.6. The molecule has 0 bridgehead atoms. The van der Waals surface area contributed by atoms with Crippen molar-refractivity contribution in [2.75, 3.05) is 7.11 Å². The molecular weight excluding hydrogens is 348 g/mol. The highest BCUT2D eigenvalue weighted by Gasteiger charge is 2.15. The molecule has 1 aromatic carbocycles. The average Bonchev–Trinajstić information content (AvgIpc) is 3.35. The highest BCUT2D eigenvalue weighted by Crippen LogP contribution is 2.22. The molecule has 0 saturated carbocycles. The Hall–Kier alpha value is -2.93. The summed E-state index contributed by atoms with van der Waals surface area (Å²) in [7, 11) is -0.211. The zero-order valence-electron chi connectivity index (χ0n) is 17.0. The Kier molecular flexibility index (Phi) is 3.46. The minimum atomic E-state index is -2.43. The smallest absolute Gasteiger partial charge is 0.197 e. The van der Waals surface area contributed by atoms with Crippen LogP contribution >= 0.6 is 0 Å². The van der Waals surface area contributed by atoms with Gasteiger partial charge in [-0.3, -0.25) is 9.19 Å². The molecule has 0 aliphatic heterocycles. The molecule has 7 heteroatoms. The van der Waals surface area contributed by atoms with Gasteiger partial charge in [-0.2, -0.15) is 0 Å². The van der Waals surface area contributed by atoms with Gasteiger partial charge in [-0.1, -0.05) is 0 Å². The van der Waals surface area contributed by atoms with Crippen molar-refractivity contribution < 1.29 is 13.1 Å². The fourth-order valence-corrected chi connectivity index (χ4v) is 3.73. The van der Waals surface area contributed by atoms with E-state index in [0.29, 0.717) is 5.52 Å². The number of methoxy groups -OCH3 is 1. The summed E-state index contributed by atoms with van der Waals surface area (Å²) in [6.45, 7) is -2.43. The highest BCUT2D eigenvalue weighted by atomic mass is 32.2. The molecule has 4 aromatic rings. The third-order valence-electron chi connectivity index (χ3n) is 4.04. The van der Waals surface area contributed by atoms with Crippen molar-refractivity contribution in [3.05, 3.63) is 66.2 Å². The minimum Gasteiger partial charge on any atom is -0.496 e. The number of aromatic amines is 1. The van der Waals surface area contributed by atoms with Crippen molar-refractivity contribution in [1.29, 1.82) is 0 Å². The molecule has 0 spiro atoms. The van der Waals surface area contributed by atoms with E-state index in [2.05, 4.69) is 15.0 Å². The van der Waals surface area contributed by atoms with Gasteiger partial charge in [0.05, 0.1) is 40.4 Å². The molecule has 0 fully saturated rings. The maximum atomic E-state index is 12.9. The molecule has 26 heavy (non-hydrogen) atoms. The van der Waals surface area contributed by atoms with Crippen LogP contribution in [0.15, 0.2) is 60.1 Å². The maximum Gasteiger partial charge on any atom is 0.197 e. The number of pyridine rings is 1. The maximum absolute atomic E-state index is 12.9. The number of H-pyrrole nitrogens is 1. The second-order valence-corrected chi connectivity index (χ2v) is 7.02. The SMILES string of the molecule is [2H]C([2H])([2H])c1c(OC)ccnc1CS(=O)c1nc2ccc(-n3cccc3)cc2[nH]1. The Balaban J connectivity index is 1.67. The lowest BCUT2D eigenvalue weighted by molar-refractivity contribution is 0.410. The fourth-order valence-electron chi connectivity index (χ4n) is 2.71. The normalized spacial score (nSPS) is 14.6. The zero-order valence-corrected chi connectivity index (χ0v) is 14.8. The van der Waals surface area contributed by atoms with Gasteiger partial charge >= 0.3 is 0 Å². The number of rotatable bonds is 5. The molecule has 4 rings (SSSR count). The lowest BCUT2D eigenvalue weighted by atomic mass is 10.2. The number of benzene rings is 1. The largest absolute Gasteiger partial charge is 0.496 e. The van der Waals surface area contributed by atoms with E-state index >= 15 is 0 Å². The predicted octanol–water partition coefficient (Wildman–Crippen LogP) is 3.37. The Morgan fingerprint density at radius 2 is 2.15 bits per heavy atom. The van der Waals surface area contributed by atoms with E-state index in [0.717, 1.165) is 11.2 Å². The van der Waals surface area contributed by atoms with Crippen LogP contribution in [0, 0.1) is 6.85 Å². The summed E-state index contributed by atoms with van der Waals surface area (Å²) in [6.07, 6.45) is 5.31. The number of nitrogens with one attached hydrogen (secondary N) is 1. The van der Waals surface area contributed by atoms with Gasteiger partial charge in [0.2, 0.25) is 0 Å². The van der Waals surface area contributed by atoms with Crippen molar-refractivity contribution in [3.8, 4) is 11.4 Å². The van der Waals surface area contributed by atoms with E-state index in [4.69, 9.17) is 8.85 Å². The number of ether oxygens (including phenoxy) is 1. The summed E-state index contributed by atoms with van der Waals surface area (Å²) < 4.78 is 43.4. The molecule has 0 radical (unpaired) electrons. The number of aromatic nitrogens is 4. The number of hydrogen-bond acceptors (Lipinski definition) is 4. The molecule has 0 aliphatic carbocycles. The Labute approximate surface area is 157 Å². The molecule has 0 saturated heterocycles. The number of hydrogen-bond donors (Lipinski definition) is 1. The van der Waals surface area contributed by atoms with E-state index < -0.39 is 17.7 Å². The van der Waals surface area contributed by atoms with Gasteiger partial charge in [-0.15, -0.1) is 0 Å². The summed E-state index contributed by atoms with van der Waals surface area (Å²) in [5.41, 5.74) is 2.55. The lowest BCUT2D eigenvalue weighted by Crippen LogP contribution is -2.03. The van der Waals surface area contributed by atoms with Crippen LogP contribution in [0.3, 0.4) is 0 Å². The summed E-state index contributed by atoms with van der Waals surface area (Å²) in [5.74, 6) is 0.114. The number of fused-ring (bicyclic) bond motifs is 1. The van der Waals surface area contributed by atoms with Crippen molar-refractivity contribution >= 4 is 21.8 Å². The second kappa shape index (κ2) is 6.76. The molecule has 6 nitrogen and oxygen atoms in total. The van der Waals surface area contributed by atoms with E-state index in [-0.39, 0.29) is 27.9 Å². The van der Waals surface area contributed by atoms with Crippen LogP contribution in [0.2, 0.25) is 0 Å². The highest BCUT2D eigenvalue weighted by molar-refractivity contribution is 7.84. The molecule has 0 aliphatic rings. The standard InChI is InChI=1S/C19H18N4O2S/c1-13-17(20-8-7-18(13)25-2)12-26(24)19-21-15-6-5-14(11-16(15)22-19)23-9-3-4-10-23/h3-11H,12H2,1-2H3,(H,21,22)/i1D3. The molecular formula is C19H18N4O2S. The van der Waals surface area contributed by atoms with E-state index in [9.17, 15) is 4.21 Å². The molecule has 3 heterocycles. The van der Waals surface area contributed by atoms with E-state index in [1.165, 1.54) is 19.4 Å². The minimum absolute atomic E-state index is 0.0261. The van der Waals surface area contributed by atoms with Crippen LogP contribution in [0.5, 0.6) is 5.75 Å². The van der Waals surface area contributed by atoms with Crippen molar-refractivity contribution in [1.82, 2.24) is 19.5 Å². The second-order valence-electron chi connectivity index (χ2n) is 5.66. The van der Waals surface area contributed by atoms with Crippen LogP contribution in [-0.4, -0.2) is 30.8 Å². The molecule has 3 aromatic heterocycles. The van der Waals surface area contributed by atoms with Crippen LogP contribution in [0.25, 0.3) is 16.7 Å². The summed E-state index contributed by atoms with van der Waals surface area (Å²) in [6, 6.07) is 11.0.